The summed E-state index contributed by atoms with van der Waals surface area (Å²) in [5.74, 6) is -0.295. The SMILES string of the molecule is CCCCc1ccsc1C(N)=O. The first-order valence-electron chi connectivity index (χ1n) is 4.12. The minimum Gasteiger partial charge on any atom is -0.365 e. The first kappa shape index (κ1) is 9.26. The van der Waals surface area contributed by atoms with Crippen LogP contribution in [0.25, 0.3) is 0 Å². The maximum absolute atomic E-state index is 10.9. The lowest BCUT2D eigenvalue weighted by molar-refractivity contribution is 0.100. The lowest BCUT2D eigenvalue weighted by Gasteiger charge is -1.97. The topological polar surface area (TPSA) is 43.1 Å². The van der Waals surface area contributed by atoms with E-state index < -0.39 is 0 Å². The van der Waals surface area contributed by atoms with E-state index in [2.05, 4.69) is 6.92 Å². The Hall–Kier alpha value is -0.830. The van der Waals surface area contributed by atoms with E-state index in [4.69, 9.17) is 5.73 Å². The zero-order chi connectivity index (χ0) is 8.97. The van der Waals surface area contributed by atoms with Gasteiger partial charge in [0.15, 0.2) is 0 Å². The molecule has 1 amide bonds. The van der Waals surface area contributed by atoms with E-state index in [0.717, 1.165) is 29.7 Å². The Morgan fingerprint density at radius 3 is 3.00 bits per heavy atom. The van der Waals surface area contributed by atoms with E-state index in [1.807, 2.05) is 11.4 Å². The van der Waals surface area contributed by atoms with E-state index in [9.17, 15) is 4.79 Å². The summed E-state index contributed by atoms with van der Waals surface area (Å²) in [5.41, 5.74) is 6.31. The second-order valence-corrected chi connectivity index (χ2v) is 3.66. The van der Waals surface area contributed by atoms with Crippen molar-refractivity contribution in [3.63, 3.8) is 0 Å². The average Bonchev–Trinajstić information content (AvgIpc) is 2.48. The molecule has 1 rings (SSSR count). The van der Waals surface area contributed by atoms with Crippen LogP contribution in [0.4, 0.5) is 0 Å². The molecule has 0 aromatic carbocycles. The van der Waals surface area contributed by atoms with Crippen molar-refractivity contribution in [1.82, 2.24) is 0 Å². The molecule has 3 heteroatoms. The van der Waals surface area contributed by atoms with Gasteiger partial charge in [-0.15, -0.1) is 11.3 Å². The van der Waals surface area contributed by atoms with Crippen LogP contribution in [0, 0.1) is 0 Å². The second kappa shape index (κ2) is 4.26. The lowest BCUT2D eigenvalue weighted by atomic mass is 10.1. The predicted molar refractivity (Wildman–Crippen MR) is 51.4 cm³/mol. The van der Waals surface area contributed by atoms with E-state index >= 15 is 0 Å². The smallest absolute Gasteiger partial charge is 0.259 e. The molecule has 12 heavy (non-hydrogen) atoms. The summed E-state index contributed by atoms with van der Waals surface area (Å²) in [6.45, 7) is 2.14. The van der Waals surface area contributed by atoms with Gasteiger partial charge in [0, 0.05) is 0 Å². The molecule has 1 heterocycles. The molecular formula is C9H13NOS. The molecule has 2 nitrogen and oxygen atoms in total. The third-order valence-corrected chi connectivity index (χ3v) is 2.74. The normalized spacial score (nSPS) is 10.1. The van der Waals surface area contributed by atoms with Crippen LogP contribution in [-0.4, -0.2) is 5.91 Å². The first-order chi connectivity index (χ1) is 5.75. The molecule has 0 aliphatic heterocycles. The number of carbonyl (C=O) groups excluding carboxylic acids is 1. The third-order valence-electron chi connectivity index (χ3n) is 1.77. The molecule has 0 unspecified atom stereocenters. The van der Waals surface area contributed by atoms with Gasteiger partial charge in [-0.3, -0.25) is 4.79 Å². The number of thiophene rings is 1. The van der Waals surface area contributed by atoms with Crippen molar-refractivity contribution in [2.75, 3.05) is 0 Å². The quantitative estimate of drug-likeness (QED) is 0.764. The van der Waals surface area contributed by atoms with Crippen LogP contribution >= 0.6 is 11.3 Å². The van der Waals surface area contributed by atoms with Gasteiger partial charge in [0.1, 0.15) is 0 Å². The van der Waals surface area contributed by atoms with Crippen LogP contribution < -0.4 is 5.73 Å². The van der Waals surface area contributed by atoms with Crippen LogP contribution in [-0.2, 0) is 6.42 Å². The average molecular weight is 183 g/mol. The van der Waals surface area contributed by atoms with Gasteiger partial charge in [-0.1, -0.05) is 13.3 Å². The number of amides is 1. The van der Waals surface area contributed by atoms with Crippen molar-refractivity contribution < 1.29 is 4.79 Å². The molecule has 0 spiro atoms. The molecule has 0 radical (unpaired) electrons. The Kier molecular flexibility index (Phi) is 3.29. The third kappa shape index (κ3) is 2.08. The fourth-order valence-corrected chi connectivity index (χ4v) is 1.92. The minimum absolute atomic E-state index is 0.295. The number of primary amides is 1. The zero-order valence-corrected chi connectivity index (χ0v) is 7.99. The second-order valence-electron chi connectivity index (χ2n) is 2.74. The predicted octanol–water partition coefficient (Wildman–Crippen LogP) is 2.19. The Morgan fingerprint density at radius 1 is 1.67 bits per heavy atom. The number of hydrogen-bond acceptors (Lipinski definition) is 2. The van der Waals surface area contributed by atoms with Crippen molar-refractivity contribution in [2.45, 2.75) is 26.2 Å². The molecule has 1 aromatic heterocycles. The van der Waals surface area contributed by atoms with Gasteiger partial charge in [0.05, 0.1) is 4.88 Å². The van der Waals surface area contributed by atoms with Crippen molar-refractivity contribution >= 4 is 17.2 Å². The van der Waals surface area contributed by atoms with Gasteiger partial charge in [-0.2, -0.15) is 0 Å². The molecule has 1 aromatic rings. The number of carbonyl (C=O) groups is 1. The van der Waals surface area contributed by atoms with Crippen LogP contribution in [0.1, 0.15) is 35.0 Å². The Bertz CT molecular complexity index is 267. The summed E-state index contributed by atoms with van der Waals surface area (Å²) in [5, 5.41) is 1.92. The molecule has 66 valence electrons. The number of nitrogens with two attached hydrogens (primary N) is 1. The van der Waals surface area contributed by atoms with Gasteiger partial charge < -0.3 is 5.73 Å². The number of aryl methyl sites for hydroxylation is 1. The van der Waals surface area contributed by atoms with Gasteiger partial charge in [0.25, 0.3) is 5.91 Å². The monoisotopic (exact) mass is 183 g/mol. The summed E-state index contributed by atoms with van der Waals surface area (Å²) in [4.78, 5) is 11.6. The molecule has 0 fully saturated rings. The van der Waals surface area contributed by atoms with E-state index in [-0.39, 0.29) is 5.91 Å². The molecule has 0 atom stereocenters. The van der Waals surface area contributed by atoms with E-state index in [1.54, 1.807) is 0 Å². The summed E-state index contributed by atoms with van der Waals surface area (Å²) in [6, 6.07) is 1.99. The fraction of sp³-hybridized carbons (Fsp3) is 0.444. The highest BCUT2D eigenvalue weighted by Crippen LogP contribution is 2.17. The van der Waals surface area contributed by atoms with Crippen LogP contribution in [0.15, 0.2) is 11.4 Å². The highest BCUT2D eigenvalue weighted by atomic mass is 32.1. The maximum atomic E-state index is 10.9. The van der Waals surface area contributed by atoms with Crippen LogP contribution in [0.5, 0.6) is 0 Å². The molecular weight excluding hydrogens is 170 g/mol. The summed E-state index contributed by atoms with van der Waals surface area (Å²) in [7, 11) is 0. The minimum atomic E-state index is -0.295. The van der Waals surface area contributed by atoms with Gasteiger partial charge in [-0.05, 0) is 29.9 Å². The van der Waals surface area contributed by atoms with E-state index in [0.29, 0.717) is 0 Å². The van der Waals surface area contributed by atoms with Gasteiger partial charge in [0.2, 0.25) is 0 Å². The van der Waals surface area contributed by atoms with Gasteiger partial charge in [-0.25, -0.2) is 0 Å². The standard InChI is InChI=1S/C9H13NOS/c1-2-3-4-7-5-6-12-8(7)9(10)11/h5-6H,2-4H2,1H3,(H2,10,11). The molecule has 0 aliphatic rings. The molecule has 0 saturated heterocycles. The van der Waals surface area contributed by atoms with Gasteiger partial charge >= 0.3 is 0 Å². The van der Waals surface area contributed by atoms with Crippen LogP contribution in [0.3, 0.4) is 0 Å². The Labute approximate surface area is 76.4 Å². The van der Waals surface area contributed by atoms with Crippen molar-refractivity contribution in [3.05, 3.63) is 21.9 Å². The highest BCUT2D eigenvalue weighted by Gasteiger charge is 2.08. The zero-order valence-electron chi connectivity index (χ0n) is 7.17. The van der Waals surface area contributed by atoms with Crippen LogP contribution in [0.2, 0.25) is 0 Å². The molecule has 0 bridgehead atoms. The summed E-state index contributed by atoms with van der Waals surface area (Å²) < 4.78 is 0. The Morgan fingerprint density at radius 2 is 2.42 bits per heavy atom. The van der Waals surface area contributed by atoms with Crippen molar-refractivity contribution in [3.8, 4) is 0 Å². The lowest BCUT2D eigenvalue weighted by Crippen LogP contribution is -2.10. The summed E-state index contributed by atoms with van der Waals surface area (Å²) in [6.07, 6.45) is 3.24. The first-order valence-corrected chi connectivity index (χ1v) is 4.99. The molecule has 0 aliphatic carbocycles. The molecule has 0 saturated carbocycles. The highest BCUT2D eigenvalue weighted by molar-refractivity contribution is 7.12. The largest absolute Gasteiger partial charge is 0.365 e. The fourth-order valence-electron chi connectivity index (χ4n) is 1.12. The van der Waals surface area contributed by atoms with E-state index in [1.165, 1.54) is 11.3 Å². The number of unbranched alkanes of at least 4 members (excludes halogenated alkanes) is 1. The molecule has 2 N–H and O–H groups in total. The maximum Gasteiger partial charge on any atom is 0.259 e. The number of hydrogen-bond donors (Lipinski definition) is 1. The van der Waals surface area contributed by atoms with Crippen molar-refractivity contribution in [1.29, 1.82) is 0 Å². The number of rotatable bonds is 4. The summed E-state index contributed by atoms with van der Waals surface area (Å²) >= 11 is 1.43. The Balaban J connectivity index is 2.70. The van der Waals surface area contributed by atoms with Crippen molar-refractivity contribution in [2.24, 2.45) is 5.73 Å².